The van der Waals surface area contributed by atoms with Gasteiger partial charge in [0.25, 0.3) is 0 Å². The Hall–Kier alpha value is -1.59. The van der Waals surface area contributed by atoms with Gasteiger partial charge in [-0.25, -0.2) is 9.97 Å². The average Bonchev–Trinajstić information content (AvgIpc) is 2.54. The third-order valence-corrected chi connectivity index (χ3v) is 4.83. The summed E-state index contributed by atoms with van der Waals surface area (Å²) < 4.78 is 0. The summed E-state index contributed by atoms with van der Waals surface area (Å²) in [5.74, 6) is -0.00448. The molecule has 2 rings (SSSR count). The van der Waals surface area contributed by atoms with Crippen molar-refractivity contribution in [2.24, 2.45) is 0 Å². The second-order valence-corrected chi connectivity index (χ2v) is 6.85. The molecule has 0 aliphatic heterocycles. The number of hydrogen-bond donors (Lipinski definition) is 1. The van der Waals surface area contributed by atoms with Crippen LogP contribution in [0.25, 0.3) is 0 Å². The zero-order chi connectivity index (χ0) is 17.7. The topological polar surface area (TPSA) is 54.9 Å². The van der Waals surface area contributed by atoms with E-state index in [1.54, 1.807) is 0 Å². The molecule has 1 N–H and O–H groups in total. The Morgan fingerprint density at radius 1 is 1.25 bits per heavy atom. The number of aromatic nitrogens is 2. The number of carbonyl (C=O) groups is 1. The highest BCUT2D eigenvalue weighted by Gasteiger charge is 2.14. The Morgan fingerprint density at radius 2 is 1.88 bits per heavy atom. The van der Waals surface area contributed by atoms with E-state index < -0.39 is 0 Å². The van der Waals surface area contributed by atoms with Crippen molar-refractivity contribution in [2.75, 3.05) is 6.26 Å². The molecule has 4 nitrogen and oxygen atoms in total. The second-order valence-electron chi connectivity index (χ2n) is 5.67. The third-order valence-electron chi connectivity index (χ3n) is 3.93. The first kappa shape index (κ1) is 18.7. The predicted octanol–water partition coefficient (Wildman–Crippen LogP) is 4.28. The van der Waals surface area contributed by atoms with Crippen molar-refractivity contribution in [3.05, 3.63) is 51.8 Å². The first-order valence-electron chi connectivity index (χ1n) is 7.84. The van der Waals surface area contributed by atoms with Crippen LogP contribution in [0.5, 0.6) is 0 Å². The van der Waals surface area contributed by atoms with E-state index in [0.29, 0.717) is 17.9 Å². The lowest BCUT2D eigenvalue weighted by atomic mass is 10.1. The minimum Gasteiger partial charge on any atom is -0.350 e. The molecule has 6 heteroatoms. The summed E-state index contributed by atoms with van der Waals surface area (Å²) >= 11 is 7.70. The van der Waals surface area contributed by atoms with Crippen LogP contribution in [0.15, 0.2) is 29.4 Å². The van der Waals surface area contributed by atoms with Gasteiger partial charge in [-0.3, -0.25) is 4.79 Å². The number of benzene rings is 1. The zero-order valence-corrected chi connectivity index (χ0v) is 16.0. The monoisotopic (exact) mass is 363 g/mol. The summed E-state index contributed by atoms with van der Waals surface area (Å²) in [5.41, 5.74) is 3.86. The molecular formula is C18H22ClN3OS. The molecule has 0 aliphatic carbocycles. The van der Waals surface area contributed by atoms with Gasteiger partial charge in [0.1, 0.15) is 0 Å². The first-order chi connectivity index (χ1) is 11.4. The lowest BCUT2D eigenvalue weighted by molar-refractivity contribution is -0.121. The van der Waals surface area contributed by atoms with Crippen LogP contribution in [0.2, 0.25) is 5.02 Å². The number of carbonyl (C=O) groups excluding carboxylic acids is 1. The fraction of sp³-hybridized carbons (Fsp3) is 0.389. The Labute approximate surface area is 152 Å². The molecule has 0 spiro atoms. The van der Waals surface area contributed by atoms with E-state index in [1.165, 1.54) is 11.8 Å². The number of nitrogens with one attached hydrogen (secondary N) is 1. The van der Waals surface area contributed by atoms with Gasteiger partial charge in [-0.15, -0.1) is 0 Å². The van der Waals surface area contributed by atoms with Crippen LogP contribution in [0, 0.1) is 13.8 Å². The highest BCUT2D eigenvalue weighted by atomic mass is 35.5. The van der Waals surface area contributed by atoms with Crippen molar-refractivity contribution >= 4 is 29.3 Å². The molecule has 1 aromatic carbocycles. The predicted molar refractivity (Wildman–Crippen MR) is 99.6 cm³/mol. The van der Waals surface area contributed by atoms with Gasteiger partial charge in [-0.05, 0) is 50.6 Å². The molecule has 1 atom stereocenters. The van der Waals surface area contributed by atoms with Gasteiger partial charge in [-0.1, -0.05) is 41.6 Å². The van der Waals surface area contributed by atoms with Gasteiger partial charge in [0, 0.05) is 22.8 Å². The molecular weight excluding hydrogens is 342 g/mol. The van der Waals surface area contributed by atoms with E-state index in [-0.39, 0.29) is 11.9 Å². The minimum atomic E-state index is -0.122. The fourth-order valence-corrected chi connectivity index (χ4v) is 3.37. The van der Waals surface area contributed by atoms with Crippen LogP contribution >= 0.6 is 23.4 Å². The molecule has 1 amide bonds. The molecule has 1 aromatic heterocycles. The van der Waals surface area contributed by atoms with Crippen molar-refractivity contribution in [3.8, 4) is 0 Å². The molecule has 0 bridgehead atoms. The molecule has 128 valence electrons. The Kier molecular flexibility index (Phi) is 6.63. The van der Waals surface area contributed by atoms with Crippen molar-refractivity contribution in [2.45, 2.75) is 44.8 Å². The maximum atomic E-state index is 12.3. The number of rotatable bonds is 6. The summed E-state index contributed by atoms with van der Waals surface area (Å²) in [4.78, 5) is 21.2. The average molecular weight is 364 g/mol. The number of nitrogens with zero attached hydrogens (tertiary/aromatic N) is 2. The maximum Gasteiger partial charge on any atom is 0.220 e. The van der Waals surface area contributed by atoms with Crippen LogP contribution in [0.4, 0.5) is 0 Å². The quantitative estimate of drug-likeness (QED) is 0.614. The summed E-state index contributed by atoms with van der Waals surface area (Å²) in [5, 5.41) is 4.43. The van der Waals surface area contributed by atoms with Crippen LogP contribution in [-0.2, 0) is 11.2 Å². The number of amides is 1. The lowest BCUT2D eigenvalue weighted by Gasteiger charge is -2.16. The van der Waals surface area contributed by atoms with Crippen LogP contribution in [0.3, 0.4) is 0 Å². The molecule has 2 aromatic rings. The molecule has 24 heavy (non-hydrogen) atoms. The molecule has 0 saturated carbocycles. The van der Waals surface area contributed by atoms with Crippen LogP contribution in [0.1, 0.15) is 41.9 Å². The van der Waals surface area contributed by atoms with Crippen molar-refractivity contribution in [1.82, 2.24) is 15.3 Å². The Bertz CT molecular complexity index is 713. The SMILES string of the molecule is CSc1nc(C)c(CCC(=O)N[C@H](C)c2ccccc2Cl)c(C)n1. The van der Waals surface area contributed by atoms with Crippen LogP contribution < -0.4 is 5.32 Å². The second kappa shape index (κ2) is 8.49. The largest absolute Gasteiger partial charge is 0.350 e. The maximum absolute atomic E-state index is 12.3. The Balaban J connectivity index is 1.98. The highest BCUT2D eigenvalue weighted by Crippen LogP contribution is 2.22. The van der Waals surface area contributed by atoms with Gasteiger partial charge >= 0.3 is 0 Å². The van der Waals surface area contributed by atoms with Crippen LogP contribution in [-0.4, -0.2) is 22.1 Å². The highest BCUT2D eigenvalue weighted by molar-refractivity contribution is 7.98. The van der Waals surface area contributed by atoms with E-state index in [1.807, 2.05) is 51.3 Å². The van der Waals surface area contributed by atoms with Crippen molar-refractivity contribution in [3.63, 3.8) is 0 Å². The third kappa shape index (κ3) is 4.71. The summed E-state index contributed by atoms with van der Waals surface area (Å²) in [7, 11) is 0. The van der Waals surface area contributed by atoms with Crippen molar-refractivity contribution in [1.29, 1.82) is 0 Å². The lowest BCUT2D eigenvalue weighted by Crippen LogP contribution is -2.27. The van der Waals surface area contributed by atoms with Crippen molar-refractivity contribution < 1.29 is 4.79 Å². The normalized spacial score (nSPS) is 12.0. The standard InChI is InChI=1S/C18H22ClN3OS/c1-11-14(12(2)22-18(21-11)24-4)9-10-17(23)20-13(3)15-7-5-6-8-16(15)19/h5-8,13H,9-10H2,1-4H3,(H,20,23)/t13-/m1/s1. The Morgan fingerprint density at radius 3 is 2.46 bits per heavy atom. The number of thioether (sulfide) groups is 1. The molecule has 0 aliphatic rings. The van der Waals surface area contributed by atoms with Gasteiger partial charge in [0.05, 0.1) is 6.04 Å². The van der Waals surface area contributed by atoms with E-state index in [2.05, 4.69) is 15.3 Å². The molecule has 1 heterocycles. The van der Waals surface area contributed by atoms with E-state index >= 15 is 0 Å². The van der Waals surface area contributed by atoms with Gasteiger partial charge in [-0.2, -0.15) is 0 Å². The molecule has 0 fully saturated rings. The van der Waals surface area contributed by atoms with Gasteiger partial charge < -0.3 is 5.32 Å². The fourth-order valence-electron chi connectivity index (χ4n) is 2.62. The number of hydrogen-bond acceptors (Lipinski definition) is 4. The smallest absolute Gasteiger partial charge is 0.220 e. The van der Waals surface area contributed by atoms with E-state index in [0.717, 1.165) is 27.7 Å². The molecule has 0 radical (unpaired) electrons. The molecule has 0 saturated heterocycles. The molecule has 0 unspecified atom stereocenters. The van der Waals surface area contributed by atoms with Gasteiger partial charge in [0.2, 0.25) is 5.91 Å². The summed E-state index contributed by atoms with van der Waals surface area (Å²) in [6, 6.07) is 7.43. The zero-order valence-electron chi connectivity index (χ0n) is 14.4. The number of halogens is 1. The van der Waals surface area contributed by atoms with Gasteiger partial charge in [0.15, 0.2) is 5.16 Å². The summed E-state index contributed by atoms with van der Waals surface area (Å²) in [6.07, 6.45) is 2.99. The minimum absolute atomic E-state index is 0.00448. The number of aryl methyl sites for hydroxylation is 2. The first-order valence-corrected chi connectivity index (χ1v) is 9.44. The van der Waals surface area contributed by atoms with E-state index in [9.17, 15) is 4.79 Å². The summed E-state index contributed by atoms with van der Waals surface area (Å²) in [6.45, 7) is 5.87. The van der Waals surface area contributed by atoms with E-state index in [4.69, 9.17) is 11.6 Å².